The fourth-order valence-electron chi connectivity index (χ4n) is 3.77. The van der Waals surface area contributed by atoms with Crippen LogP contribution in [0.15, 0.2) is 49.1 Å². The van der Waals surface area contributed by atoms with Crippen molar-refractivity contribution in [2.24, 2.45) is 0 Å². The molecule has 4 rings (SSSR count). The van der Waals surface area contributed by atoms with Crippen molar-refractivity contribution in [1.82, 2.24) is 24.4 Å². The fourth-order valence-corrected chi connectivity index (χ4v) is 3.77. The van der Waals surface area contributed by atoms with Crippen LogP contribution in [-0.2, 0) is 19.4 Å². The van der Waals surface area contributed by atoms with Gasteiger partial charge in [-0.05, 0) is 18.4 Å². The van der Waals surface area contributed by atoms with Crippen LogP contribution < -0.4 is 0 Å². The van der Waals surface area contributed by atoms with E-state index < -0.39 is 0 Å². The van der Waals surface area contributed by atoms with Gasteiger partial charge in [0.1, 0.15) is 11.9 Å². The smallest absolute Gasteiger partial charge is 0.132 e. The second-order valence-electron chi connectivity index (χ2n) is 6.67. The summed E-state index contributed by atoms with van der Waals surface area (Å²) < 4.78 is 2.28. The number of fused-ring (bicyclic) bond motifs is 1. The molecule has 3 heterocycles. The number of nitrogens with one attached hydrogen (secondary N) is 1. The van der Waals surface area contributed by atoms with E-state index in [-0.39, 0.29) is 6.04 Å². The molecule has 0 unspecified atom stereocenters. The lowest BCUT2D eigenvalue weighted by Gasteiger charge is -2.34. The first-order valence-electron chi connectivity index (χ1n) is 9.18. The topological polar surface area (TPSA) is 49.7 Å². The SMILES string of the molecule is CCCn1ccnc1[C@@H]1c2nc[nH]c2CCN1CCc1ccccc1. The lowest BCUT2D eigenvalue weighted by Crippen LogP contribution is -2.39. The van der Waals surface area contributed by atoms with Crippen LogP contribution >= 0.6 is 0 Å². The molecule has 0 fully saturated rings. The van der Waals surface area contributed by atoms with Gasteiger partial charge >= 0.3 is 0 Å². The highest BCUT2D eigenvalue weighted by atomic mass is 15.2. The Balaban J connectivity index is 1.62. The molecule has 0 amide bonds. The minimum absolute atomic E-state index is 0.139. The van der Waals surface area contributed by atoms with E-state index in [2.05, 4.69) is 62.9 Å². The van der Waals surface area contributed by atoms with E-state index in [1.165, 1.54) is 11.3 Å². The van der Waals surface area contributed by atoms with Crippen LogP contribution in [0.25, 0.3) is 0 Å². The van der Waals surface area contributed by atoms with Gasteiger partial charge < -0.3 is 9.55 Å². The van der Waals surface area contributed by atoms with Gasteiger partial charge in [0.05, 0.1) is 12.0 Å². The van der Waals surface area contributed by atoms with E-state index in [4.69, 9.17) is 4.98 Å². The zero-order valence-electron chi connectivity index (χ0n) is 14.7. The number of aromatic amines is 1. The van der Waals surface area contributed by atoms with Crippen molar-refractivity contribution >= 4 is 0 Å². The minimum atomic E-state index is 0.139. The van der Waals surface area contributed by atoms with E-state index in [0.717, 1.165) is 50.4 Å². The summed E-state index contributed by atoms with van der Waals surface area (Å²) in [5.41, 5.74) is 3.78. The molecule has 1 atom stereocenters. The van der Waals surface area contributed by atoms with Gasteiger partial charge in [0.2, 0.25) is 0 Å². The lowest BCUT2D eigenvalue weighted by atomic mass is 10.0. The van der Waals surface area contributed by atoms with Crippen LogP contribution in [0.5, 0.6) is 0 Å². The Bertz CT molecular complexity index is 804. The molecule has 0 bridgehead atoms. The molecule has 2 aromatic heterocycles. The van der Waals surface area contributed by atoms with Gasteiger partial charge in [0.25, 0.3) is 0 Å². The van der Waals surface area contributed by atoms with E-state index in [1.807, 2.05) is 12.5 Å². The summed E-state index contributed by atoms with van der Waals surface area (Å²) >= 11 is 0. The Morgan fingerprint density at radius 2 is 2.04 bits per heavy atom. The number of hydrogen-bond acceptors (Lipinski definition) is 3. The quantitative estimate of drug-likeness (QED) is 0.752. The van der Waals surface area contributed by atoms with Crippen LogP contribution in [0.1, 0.15) is 42.2 Å². The summed E-state index contributed by atoms with van der Waals surface area (Å²) in [5.74, 6) is 1.11. The van der Waals surface area contributed by atoms with E-state index >= 15 is 0 Å². The van der Waals surface area contributed by atoms with Crippen molar-refractivity contribution in [1.29, 1.82) is 0 Å². The van der Waals surface area contributed by atoms with Crippen LogP contribution in [0, 0.1) is 0 Å². The van der Waals surface area contributed by atoms with Gasteiger partial charge in [0.15, 0.2) is 0 Å². The number of aromatic nitrogens is 4. The van der Waals surface area contributed by atoms with Gasteiger partial charge in [-0.2, -0.15) is 0 Å². The summed E-state index contributed by atoms with van der Waals surface area (Å²) in [6, 6.07) is 10.9. The summed E-state index contributed by atoms with van der Waals surface area (Å²) in [5, 5.41) is 0. The second kappa shape index (κ2) is 7.23. The normalized spacial score (nSPS) is 17.6. The number of imidazole rings is 2. The Kier molecular flexibility index (Phi) is 4.65. The standard InChI is InChI=1S/C20H25N5/c1-2-11-25-14-10-21-20(25)19-18-17(22-15-23-18)9-13-24(19)12-8-16-6-4-3-5-7-16/h3-7,10,14-15,19H,2,8-9,11-13H2,1H3,(H,22,23)/t19-/m0/s1. The number of rotatable bonds is 6. The fraction of sp³-hybridized carbons (Fsp3) is 0.400. The maximum absolute atomic E-state index is 4.71. The Morgan fingerprint density at radius 1 is 1.16 bits per heavy atom. The van der Waals surface area contributed by atoms with Crippen molar-refractivity contribution in [2.75, 3.05) is 13.1 Å². The molecule has 3 aromatic rings. The molecule has 0 saturated carbocycles. The Morgan fingerprint density at radius 3 is 2.88 bits per heavy atom. The minimum Gasteiger partial charge on any atom is -0.348 e. The van der Waals surface area contributed by atoms with Crippen molar-refractivity contribution in [3.63, 3.8) is 0 Å². The van der Waals surface area contributed by atoms with E-state index in [1.54, 1.807) is 0 Å². The summed E-state index contributed by atoms with van der Waals surface area (Å²) in [6.45, 7) is 5.25. The maximum atomic E-state index is 4.71. The Labute approximate surface area is 148 Å². The largest absolute Gasteiger partial charge is 0.348 e. The van der Waals surface area contributed by atoms with E-state index in [9.17, 15) is 0 Å². The highest BCUT2D eigenvalue weighted by Crippen LogP contribution is 2.32. The first kappa shape index (κ1) is 16.1. The van der Waals surface area contributed by atoms with Crippen molar-refractivity contribution in [3.05, 3.63) is 71.8 Å². The average Bonchev–Trinajstić information content (AvgIpc) is 3.30. The molecule has 0 aliphatic carbocycles. The third-order valence-corrected chi connectivity index (χ3v) is 5.01. The average molecular weight is 335 g/mol. The van der Waals surface area contributed by atoms with Crippen LogP contribution in [0.2, 0.25) is 0 Å². The molecule has 1 aliphatic rings. The molecule has 5 nitrogen and oxygen atoms in total. The lowest BCUT2D eigenvalue weighted by molar-refractivity contribution is 0.200. The van der Waals surface area contributed by atoms with Gasteiger partial charge in [-0.3, -0.25) is 4.90 Å². The molecule has 0 saturated heterocycles. The van der Waals surface area contributed by atoms with Crippen LogP contribution in [0.3, 0.4) is 0 Å². The predicted octanol–water partition coefficient (Wildman–Crippen LogP) is 3.21. The van der Waals surface area contributed by atoms with Gasteiger partial charge in [-0.15, -0.1) is 0 Å². The first-order valence-corrected chi connectivity index (χ1v) is 9.18. The molecular weight excluding hydrogens is 310 g/mol. The van der Waals surface area contributed by atoms with Crippen LogP contribution in [0.4, 0.5) is 0 Å². The van der Waals surface area contributed by atoms with Gasteiger partial charge in [-0.1, -0.05) is 37.3 Å². The number of benzene rings is 1. The number of H-pyrrole nitrogens is 1. The highest BCUT2D eigenvalue weighted by Gasteiger charge is 2.33. The molecular formula is C20H25N5. The number of aryl methyl sites for hydroxylation is 1. The number of hydrogen-bond donors (Lipinski definition) is 1. The second-order valence-corrected chi connectivity index (χ2v) is 6.67. The third-order valence-electron chi connectivity index (χ3n) is 5.01. The molecule has 1 aromatic carbocycles. The molecule has 0 radical (unpaired) electrons. The molecule has 5 heteroatoms. The first-order chi connectivity index (χ1) is 12.4. The maximum Gasteiger partial charge on any atom is 0.132 e. The molecule has 130 valence electrons. The molecule has 1 aliphatic heterocycles. The third kappa shape index (κ3) is 3.24. The van der Waals surface area contributed by atoms with Gasteiger partial charge in [0, 0.05) is 44.1 Å². The van der Waals surface area contributed by atoms with Gasteiger partial charge in [-0.25, -0.2) is 9.97 Å². The van der Waals surface area contributed by atoms with Crippen molar-refractivity contribution in [2.45, 2.75) is 38.8 Å². The summed E-state index contributed by atoms with van der Waals surface area (Å²) in [4.78, 5) is 15.2. The Hall–Kier alpha value is -2.40. The van der Waals surface area contributed by atoms with Crippen molar-refractivity contribution < 1.29 is 0 Å². The molecule has 1 N–H and O–H groups in total. The zero-order chi connectivity index (χ0) is 17.1. The summed E-state index contributed by atoms with van der Waals surface area (Å²) in [7, 11) is 0. The number of nitrogens with zero attached hydrogens (tertiary/aromatic N) is 4. The monoisotopic (exact) mass is 335 g/mol. The van der Waals surface area contributed by atoms with E-state index in [0.29, 0.717) is 0 Å². The molecule has 0 spiro atoms. The zero-order valence-corrected chi connectivity index (χ0v) is 14.7. The molecule has 25 heavy (non-hydrogen) atoms. The van der Waals surface area contributed by atoms with Crippen LogP contribution in [-0.4, -0.2) is 37.5 Å². The highest BCUT2D eigenvalue weighted by molar-refractivity contribution is 5.27. The predicted molar refractivity (Wildman–Crippen MR) is 98.4 cm³/mol. The van der Waals surface area contributed by atoms with Crippen molar-refractivity contribution in [3.8, 4) is 0 Å². The summed E-state index contributed by atoms with van der Waals surface area (Å²) in [6.07, 6.45) is 9.01.